The number of carbonyl (C=O) groups excluding carboxylic acids is 4. The molecule has 228 valence electrons. The zero-order chi connectivity index (χ0) is 31.6. The Labute approximate surface area is 247 Å². The topological polar surface area (TPSA) is 177 Å². The molecule has 4 amide bonds. The first-order valence-electron chi connectivity index (χ1n) is 13.6. The van der Waals surface area contributed by atoms with E-state index >= 15 is 0 Å². The summed E-state index contributed by atoms with van der Waals surface area (Å²) in [5.41, 5.74) is 7.74. The zero-order valence-electron chi connectivity index (χ0n) is 24.6. The number of nitrogens with one attached hydrogen (secondary N) is 4. The summed E-state index contributed by atoms with van der Waals surface area (Å²) in [5, 5.41) is 7.75. The van der Waals surface area contributed by atoms with Gasteiger partial charge in [0.2, 0.25) is 33.7 Å². The number of aryl methyl sites for hydroxylation is 1. The Kier molecular flexibility index (Phi) is 12.4. The van der Waals surface area contributed by atoms with Crippen molar-refractivity contribution in [2.24, 2.45) is 11.7 Å². The number of rotatable bonds is 15. The van der Waals surface area contributed by atoms with E-state index in [-0.39, 0.29) is 23.7 Å². The van der Waals surface area contributed by atoms with Gasteiger partial charge in [-0.25, -0.2) is 8.42 Å². The van der Waals surface area contributed by atoms with Crippen molar-refractivity contribution in [2.45, 2.75) is 76.5 Å². The molecule has 0 bridgehead atoms. The Morgan fingerprint density at radius 2 is 1.43 bits per heavy atom. The fourth-order valence-corrected chi connectivity index (χ4v) is 5.23. The molecule has 2 rings (SSSR count). The summed E-state index contributed by atoms with van der Waals surface area (Å²) in [6, 6.07) is 10.8. The van der Waals surface area contributed by atoms with Crippen molar-refractivity contribution in [1.29, 1.82) is 0 Å². The maximum absolute atomic E-state index is 13.1. The van der Waals surface area contributed by atoms with Crippen LogP contribution in [0.2, 0.25) is 0 Å². The molecule has 2 aromatic rings. The molecule has 0 aromatic heterocycles. The van der Waals surface area contributed by atoms with Crippen molar-refractivity contribution in [3.63, 3.8) is 0 Å². The summed E-state index contributed by atoms with van der Waals surface area (Å²) in [5.74, 6) is -3.12. The van der Waals surface area contributed by atoms with Gasteiger partial charge in [-0.3, -0.25) is 19.2 Å². The van der Waals surface area contributed by atoms with Crippen LogP contribution in [0.25, 0.3) is 0 Å². The van der Waals surface area contributed by atoms with Gasteiger partial charge in [0.05, 0.1) is 4.90 Å². The molecule has 0 unspecified atom stereocenters. The molecule has 0 aliphatic heterocycles. The highest BCUT2D eigenvalue weighted by Crippen LogP contribution is 2.13. The van der Waals surface area contributed by atoms with Crippen molar-refractivity contribution >= 4 is 33.7 Å². The number of amides is 4. The summed E-state index contributed by atoms with van der Waals surface area (Å²) in [4.78, 5) is 51.3. The second-order valence-corrected chi connectivity index (χ2v) is 12.5. The highest BCUT2D eigenvalue weighted by atomic mass is 32.2. The van der Waals surface area contributed by atoms with Gasteiger partial charge in [-0.15, -0.1) is 6.58 Å². The maximum atomic E-state index is 13.1. The lowest BCUT2D eigenvalue weighted by molar-refractivity contribution is -0.134. The highest BCUT2D eigenvalue weighted by molar-refractivity contribution is 7.89. The van der Waals surface area contributed by atoms with Crippen LogP contribution < -0.4 is 26.4 Å². The van der Waals surface area contributed by atoms with Gasteiger partial charge in [0.15, 0.2) is 0 Å². The van der Waals surface area contributed by atoms with Crippen LogP contribution in [0.15, 0.2) is 71.6 Å². The normalized spacial score (nSPS) is 14.2. The second-order valence-electron chi connectivity index (χ2n) is 10.8. The van der Waals surface area contributed by atoms with Crippen molar-refractivity contribution in [2.75, 3.05) is 0 Å². The van der Waals surface area contributed by atoms with Crippen LogP contribution in [0.4, 0.5) is 0 Å². The van der Waals surface area contributed by atoms with E-state index in [9.17, 15) is 27.6 Å². The van der Waals surface area contributed by atoms with E-state index in [1.165, 1.54) is 19.1 Å². The fraction of sp³-hybridized carbons (Fsp3) is 0.400. The van der Waals surface area contributed by atoms with Crippen LogP contribution in [0.3, 0.4) is 0 Å². The average molecular weight is 600 g/mol. The maximum Gasteiger partial charge on any atom is 0.243 e. The first-order chi connectivity index (χ1) is 19.6. The minimum absolute atomic E-state index is 0.00178. The van der Waals surface area contributed by atoms with Gasteiger partial charge in [-0.2, -0.15) is 4.72 Å². The molecule has 0 heterocycles. The Balaban J connectivity index is 2.10. The summed E-state index contributed by atoms with van der Waals surface area (Å²) in [7, 11) is -4.05. The van der Waals surface area contributed by atoms with Crippen molar-refractivity contribution in [3.05, 3.63) is 77.9 Å². The van der Waals surface area contributed by atoms with E-state index < -0.39 is 57.8 Å². The van der Waals surface area contributed by atoms with Gasteiger partial charge in [0, 0.05) is 6.42 Å². The van der Waals surface area contributed by atoms with E-state index in [1.54, 1.807) is 57.2 Å². The molecule has 0 radical (unpaired) electrons. The number of carbonyl (C=O) groups is 4. The molecule has 0 spiro atoms. The van der Waals surface area contributed by atoms with Crippen LogP contribution in [0, 0.1) is 12.8 Å². The largest absolute Gasteiger partial charge is 0.368 e. The van der Waals surface area contributed by atoms with Gasteiger partial charge in [0.1, 0.15) is 24.2 Å². The number of nitrogens with two attached hydrogens (primary N) is 1. The van der Waals surface area contributed by atoms with Gasteiger partial charge >= 0.3 is 0 Å². The van der Waals surface area contributed by atoms with Gasteiger partial charge in [-0.05, 0) is 50.8 Å². The lowest BCUT2D eigenvalue weighted by atomic mass is 10.0. The first-order valence-corrected chi connectivity index (χ1v) is 15.1. The number of hydrogen-bond donors (Lipinski definition) is 5. The molecule has 11 nitrogen and oxygen atoms in total. The molecule has 4 atom stereocenters. The van der Waals surface area contributed by atoms with Gasteiger partial charge < -0.3 is 21.7 Å². The molecule has 2 aromatic carbocycles. The number of sulfonamides is 1. The number of primary amides is 1. The van der Waals surface area contributed by atoms with Crippen LogP contribution in [-0.4, -0.2) is 56.2 Å². The van der Waals surface area contributed by atoms with E-state index in [1.807, 2.05) is 13.0 Å². The highest BCUT2D eigenvalue weighted by Gasteiger charge is 2.32. The molecule has 0 aliphatic rings. The standard InChI is InChI=1S/C30H41N5O6S/c1-18(2)16-25(35-42(40,41)23-14-12-20(5)13-15-23)29(38)32-21(6)28(37)34-26(19(3)4)30(39)33-24(27(31)36)17-22-10-8-7-9-11-22/h7-15,19,21,24-26,35H,1,16-17H2,2-6H3,(H2,31,36)(H,32,38)(H,33,39)(H,34,37)/t21-,24-,25-,26-/m0/s1. The lowest BCUT2D eigenvalue weighted by Gasteiger charge is -2.26. The van der Waals surface area contributed by atoms with E-state index in [4.69, 9.17) is 5.73 Å². The average Bonchev–Trinajstić information content (AvgIpc) is 2.90. The van der Waals surface area contributed by atoms with E-state index in [0.29, 0.717) is 5.57 Å². The fourth-order valence-electron chi connectivity index (χ4n) is 4.04. The summed E-state index contributed by atoms with van der Waals surface area (Å²) < 4.78 is 28.3. The quantitative estimate of drug-likeness (QED) is 0.194. The molecule has 6 N–H and O–H groups in total. The van der Waals surface area contributed by atoms with E-state index in [0.717, 1.165) is 11.1 Å². The monoisotopic (exact) mass is 599 g/mol. The Hall–Kier alpha value is -4.03. The Bertz CT molecular complexity index is 1380. The van der Waals surface area contributed by atoms with Crippen LogP contribution in [-0.2, 0) is 35.6 Å². The Morgan fingerprint density at radius 1 is 0.833 bits per heavy atom. The minimum atomic E-state index is -4.05. The first kappa shape index (κ1) is 34.2. The summed E-state index contributed by atoms with van der Waals surface area (Å²) in [6.07, 6.45) is 0.175. The third-order valence-electron chi connectivity index (χ3n) is 6.44. The molecule has 0 aliphatic carbocycles. The summed E-state index contributed by atoms with van der Waals surface area (Å²) in [6.45, 7) is 12.1. The predicted octanol–water partition coefficient (Wildman–Crippen LogP) is 1.47. The smallest absolute Gasteiger partial charge is 0.243 e. The van der Waals surface area contributed by atoms with Crippen LogP contribution in [0.1, 0.15) is 45.2 Å². The lowest BCUT2D eigenvalue weighted by Crippen LogP contribution is -2.58. The Morgan fingerprint density at radius 3 is 1.95 bits per heavy atom. The molecule has 42 heavy (non-hydrogen) atoms. The van der Waals surface area contributed by atoms with Crippen LogP contribution in [0.5, 0.6) is 0 Å². The number of benzene rings is 2. The number of hydrogen-bond acceptors (Lipinski definition) is 6. The molecular weight excluding hydrogens is 558 g/mol. The summed E-state index contributed by atoms with van der Waals surface area (Å²) >= 11 is 0. The molecule has 0 saturated heterocycles. The third-order valence-corrected chi connectivity index (χ3v) is 7.93. The molecule has 12 heteroatoms. The minimum Gasteiger partial charge on any atom is -0.368 e. The van der Waals surface area contributed by atoms with E-state index in [2.05, 4.69) is 27.3 Å². The molecule has 0 saturated carbocycles. The van der Waals surface area contributed by atoms with Gasteiger partial charge in [-0.1, -0.05) is 67.4 Å². The van der Waals surface area contributed by atoms with Crippen molar-refractivity contribution < 1.29 is 27.6 Å². The molecular formula is C30H41N5O6S. The third kappa shape index (κ3) is 10.4. The van der Waals surface area contributed by atoms with Crippen LogP contribution >= 0.6 is 0 Å². The van der Waals surface area contributed by atoms with Crippen molar-refractivity contribution in [1.82, 2.24) is 20.7 Å². The molecule has 0 fully saturated rings. The zero-order valence-corrected chi connectivity index (χ0v) is 25.5. The van der Waals surface area contributed by atoms with Crippen molar-refractivity contribution in [3.8, 4) is 0 Å². The van der Waals surface area contributed by atoms with Gasteiger partial charge in [0.25, 0.3) is 0 Å². The SMILES string of the molecule is C=C(C)C[C@H](NS(=O)(=O)c1ccc(C)cc1)C(=O)N[C@@H](C)C(=O)N[C@H](C(=O)N[C@@H](Cc1ccccc1)C(N)=O)C(C)C. The predicted molar refractivity (Wildman–Crippen MR) is 160 cm³/mol. The second kappa shape index (κ2) is 15.3.